The molecule has 1 saturated heterocycles. The normalized spacial score (nSPS) is 16.4. The third-order valence-corrected chi connectivity index (χ3v) is 5.02. The average molecular weight is 434 g/mol. The summed E-state index contributed by atoms with van der Waals surface area (Å²) in [4.78, 5) is 32.6. The number of benzene rings is 1. The van der Waals surface area contributed by atoms with Crippen LogP contribution in [0.15, 0.2) is 48.8 Å². The number of carbonyl (C=O) groups is 2. The van der Waals surface area contributed by atoms with E-state index < -0.39 is 5.91 Å². The predicted molar refractivity (Wildman–Crippen MR) is 118 cm³/mol. The van der Waals surface area contributed by atoms with E-state index in [1.165, 1.54) is 0 Å². The van der Waals surface area contributed by atoms with Crippen molar-refractivity contribution in [2.45, 2.75) is 12.5 Å². The maximum Gasteiger partial charge on any atom is 0.241 e. The summed E-state index contributed by atoms with van der Waals surface area (Å²) >= 11 is 0. The highest BCUT2D eigenvalue weighted by Gasteiger charge is 2.28. The van der Waals surface area contributed by atoms with Crippen molar-refractivity contribution in [2.75, 3.05) is 44.7 Å². The van der Waals surface area contributed by atoms with Gasteiger partial charge in [-0.25, -0.2) is 0 Å². The van der Waals surface area contributed by atoms with Crippen molar-refractivity contribution in [1.82, 2.24) is 15.2 Å². The SMILES string of the molecule is COc1ccccc1N(CCC(N)=O)C(=O)CN1CCNCC1c1cccnc1.Cl. The smallest absolute Gasteiger partial charge is 0.241 e. The van der Waals surface area contributed by atoms with E-state index >= 15 is 0 Å². The van der Waals surface area contributed by atoms with Crippen molar-refractivity contribution < 1.29 is 14.3 Å². The molecular weight excluding hydrogens is 406 g/mol. The molecule has 1 aliphatic rings. The Labute approximate surface area is 182 Å². The molecule has 1 aromatic carbocycles. The molecule has 0 bridgehead atoms. The minimum absolute atomic E-state index is 0. The second-order valence-electron chi connectivity index (χ2n) is 6.91. The Hall–Kier alpha value is -2.68. The summed E-state index contributed by atoms with van der Waals surface area (Å²) in [7, 11) is 1.56. The van der Waals surface area contributed by atoms with Crippen LogP contribution >= 0.6 is 12.4 Å². The van der Waals surface area contributed by atoms with Crippen molar-refractivity contribution in [1.29, 1.82) is 0 Å². The van der Waals surface area contributed by atoms with Crippen molar-refractivity contribution in [3.05, 3.63) is 54.4 Å². The highest BCUT2D eigenvalue weighted by molar-refractivity contribution is 5.96. The fourth-order valence-electron chi connectivity index (χ4n) is 3.55. The number of piperazine rings is 1. The molecule has 0 radical (unpaired) electrons. The fraction of sp³-hybridized carbons (Fsp3) is 0.381. The van der Waals surface area contributed by atoms with Crippen LogP contribution in [0.5, 0.6) is 5.75 Å². The van der Waals surface area contributed by atoms with E-state index in [1.807, 2.05) is 36.5 Å². The van der Waals surface area contributed by atoms with Crippen LogP contribution in [-0.2, 0) is 9.59 Å². The van der Waals surface area contributed by atoms with E-state index in [0.29, 0.717) is 11.4 Å². The Morgan fingerprint density at radius 1 is 1.30 bits per heavy atom. The van der Waals surface area contributed by atoms with E-state index in [2.05, 4.69) is 15.2 Å². The van der Waals surface area contributed by atoms with Crippen molar-refractivity contribution in [3.8, 4) is 5.75 Å². The zero-order valence-corrected chi connectivity index (χ0v) is 17.8. The summed E-state index contributed by atoms with van der Waals surface area (Å²) in [5.74, 6) is 0.0223. The van der Waals surface area contributed by atoms with Gasteiger partial charge in [0.15, 0.2) is 0 Å². The summed E-state index contributed by atoms with van der Waals surface area (Å²) in [6.07, 6.45) is 3.65. The van der Waals surface area contributed by atoms with E-state index in [1.54, 1.807) is 24.3 Å². The van der Waals surface area contributed by atoms with Gasteiger partial charge in [-0.1, -0.05) is 18.2 Å². The van der Waals surface area contributed by atoms with E-state index in [0.717, 1.165) is 25.2 Å². The van der Waals surface area contributed by atoms with Crippen LogP contribution < -0.4 is 20.7 Å². The number of nitrogens with two attached hydrogens (primary N) is 1. The number of methoxy groups -OCH3 is 1. The summed E-state index contributed by atoms with van der Waals surface area (Å²) < 4.78 is 5.42. The first kappa shape index (κ1) is 23.6. The highest BCUT2D eigenvalue weighted by atomic mass is 35.5. The van der Waals surface area contributed by atoms with Gasteiger partial charge in [0, 0.05) is 51.0 Å². The Balaban J connectivity index is 0.00000320. The van der Waals surface area contributed by atoms with Gasteiger partial charge < -0.3 is 20.7 Å². The van der Waals surface area contributed by atoms with Gasteiger partial charge in [-0.15, -0.1) is 12.4 Å². The number of amides is 2. The Kier molecular flexibility index (Phi) is 9.04. The fourth-order valence-corrected chi connectivity index (χ4v) is 3.55. The molecule has 1 unspecified atom stereocenters. The van der Waals surface area contributed by atoms with Gasteiger partial charge in [0.25, 0.3) is 0 Å². The molecule has 1 aliphatic heterocycles. The Morgan fingerprint density at radius 2 is 2.10 bits per heavy atom. The topological polar surface area (TPSA) is 101 Å². The van der Waals surface area contributed by atoms with E-state index in [-0.39, 0.29) is 43.9 Å². The lowest BCUT2D eigenvalue weighted by atomic mass is 10.1. The number of rotatable bonds is 8. The van der Waals surface area contributed by atoms with Crippen molar-refractivity contribution in [2.24, 2.45) is 5.73 Å². The molecule has 162 valence electrons. The summed E-state index contributed by atoms with van der Waals surface area (Å²) in [6.45, 7) is 2.71. The number of ether oxygens (including phenoxy) is 1. The maximum absolute atomic E-state index is 13.3. The molecule has 0 spiro atoms. The molecular formula is C21H28ClN5O3. The molecule has 30 heavy (non-hydrogen) atoms. The third kappa shape index (κ3) is 5.91. The van der Waals surface area contributed by atoms with Gasteiger partial charge in [0.05, 0.1) is 19.3 Å². The van der Waals surface area contributed by atoms with E-state index in [4.69, 9.17) is 10.5 Å². The van der Waals surface area contributed by atoms with Gasteiger partial charge in [-0.2, -0.15) is 0 Å². The molecule has 1 fully saturated rings. The number of carbonyl (C=O) groups excluding carboxylic acids is 2. The number of para-hydroxylation sites is 2. The van der Waals surface area contributed by atoms with Crippen LogP contribution in [0, 0.1) is 0 Å². The molecule has 8 nitrogen and oxygen atoms in total. The second kappa shape index (κ2) is 11.5. The van der Waals surface area contributed by atoms with Crippen LogP contribution in [0.1, 0.15) is 18.0 Å². The third-order valence-electron chi connectivity index (χ3n) is 5.02. The molecule has 2 aromatic rings. The summed E-state index contributed by atoms with van der Waals surface area (Å²) in [5, 5.41) is 3.38. The number of halogens is 1. The zero-order valence-electron chi connectivity index (χ0n) is 17.0. The number of nitrogens with zero attached hydrogens (tertiary/aromatic N) is 3. The van der Waals surface area contributed by atoms with Gasteiger partial charge in [0.2, 0.25) is 11.8 Å². The lowest BCUT2D eigenvalue weighted by Gasteiger charge is -2.37. The lowest BCUT2D eigenvalue weighted by molar-refractivity contribution is -0.120. The Morgan fingerprint density at radius 3 is 2.80 bits per heavy atom. The number of nitrogens with one attached hydrogen (secondary N) is 1. The lowest BCUT2D eigenvalue weighted by Crippen LogP contribution is -2.50. The minimum atomic E-state index is -0.451. The first-order chi connectivity index (χ1) is 14.1. The molecule has 0 aliphatic carbocycles. The van der Waals surface area contributed by atoms with Gasteiger partial charge in [0.1, 0.15) is 5.75 Å². The quantitative estimate of drug-likeness (QED) is 0.652. The summed E-state index contributed by atoms with van der Waals surface area (Å²) in [5.41, 5.74) is 7.04. The average Bonchev–Trinajstić information content (AvgIpc) is 2.75. The first-order valence-electron chi connectivity index (χ1n) is 9.66. The largest absolute Gasteiger partial charge is 0.495 e. The number of aromatic nitrogens is 1. The number of anilines is 1. The van der Waals surface area contributed by atoms with Gasteiger partial charge in [-0.3, -0.25) is 19.5 Å². The van der Waals surface area contributed by atoms with Gasteiger partial charge >= 0.3 is 0 Å². The molecule has 9 heteroatoms. The number of hydrogen-bond donors (Lipinski definition) is 2. The van der Waals surface area contributed by atoms with Crippen molar-refractivity contribution in [3.63, 3.8) is 0 Å². The maximum atomic E-state index is 13.3. The molecule has 1 atom stereocenters. The van der Waals surface area contributed by atoms with Gasteiger partial charge in [-0.05, 0) is 23.8 Å². The zero-order chi connectivity index (χ0) is 20.6. The monoisotopic (exact) mass is 433 g/mol. The van der Waals surface area contributed by atoms with Crippen LogP contribution in [0.4, 0.5) is 5.69 Å². The van der Waals surface area contributed by atoms with E-state index in [9.17, 15) is 9.59 Å². The highest BCUT2D eigenvalue weighted by Crippen LogP contribution is 2.29. The predicted octanol–water partition coefficient (Wildman–Crippen LogP) is 1.37. The van der Waals surface area contributed by atoms with Crippen LogP contribution in [0.2, 0.25) is 0 Å². The first-order valence-corrected chi connectivity index (χ1v) is 9.66. The molecule has 3 N–H and O–H groups in total. The van der Waals surface area contributed by atoms with Crippen LogP contribution in [0.25, 0.3) is 0 Å². The van der Waals surface area contributed by atoms with Crippen molar-refractivity contribution >= 4 is 29.9 Å². The van der Waals surface area contributed by atoms with Crippen LogP contribution in [-0.4, -0.2) is 61.5 Å². The molecule has 3 rings (SSSR count). The molecule has 0 saturated carbocycles. The summed E-state index contributed by atoms with van der Waals surface area (Å²) in [6, 6.07) is 11.3. The standard InChI is InChI=1S/C21H27N5O3.ClH/c1-29-19-7-3-2-6-17(19)26(11-8-20(22)27)21(28)15-25-12-10-24-14-18(25)16-5-4-9-23-13-16;/h2-7,9,13,18,24H,8,10-12,14-15H2,1H3,(H2,22,27);1H. The molecule has 2 heterocycles. The number of primary amides is 1. The molecule has 2 amide bonds. The number of pyridine rings is 1. The molecule has 1 aromatic heterocycles. The second-order valence-corrected chi connectivity index (χ2v) is 6.91. The number of hydrogen-bond acceptors (Lipinski definition) is 6. The Bertz CT molecular complexity index is 836. The van der Waals surface area contributed by atoms with Crippen LogP contribution in [0.3, 0.4) is 0 Å². The minimum Gasteiger partial charge on any atom is -0.495 e.